The van der Waals surface area contributed by atoms with Crippen LogP contribution in [0, 0.1) is 6.92 Å². The topological polar surface area (TPSA) is 129 Å². The average Bonchev–Trinajstić information content (AvgIpc) is 2.60. The highest BCUT2D eigenvalue weighted by Gasteiger charge is 2.51. The summed E-state index contributed by atoms with van der Waals surface area (Å²) in [6, 6.07) is 5.06. The maximum absolute atomic E-state index is 11.6. The fourth-order valence-electron chi connectivity index (χ4n) is 3.03. The van der Waals surface area contributed by atoms with E-state index in [1.165, 1.54) is 0 Å². The van der Waals surface area contributed by atoms with E-state index >= 15 is 0 Å². The number of aryl methyl sites for hydroxylation is 1. The van der Waals surface area contributed by atoms with E-state index in [1.54, 1.807) is 18.2 Å². The monoisotopic (exact) mass is 396 g/mol. The first-order valence-corrected chi connectivity index (χ1v) is 8.69. The van der Waals surface area contributed by atoms with E-state index in [4.69, 9.17) is 18.9 Å². The minimum absolute atomic E-state index is 0.226. The number of hydrogen-bond donors (Lipinski definition) is 2. The number of aliphatic hydroxyl groups excluding tert-OH is 2. The normalized spacial score (nSPS) is 27.0. The lowest BCUT2D eigenvalue weighted by Crippen LogP contribution is -2.58. The fourth-order valence-corrected chi connectivity index (χ4v) is 3.03. The molecule has 5 atom stereocenters. The van der Waals surface area contributed by atoms with Crippen molar-refractivity contribution in [2.24, 2.45) is 0 Å². The second kappa shape index (κ2) is 9.13. The van der Waals surface area contributed by atoms with Crippen LogP contribution in [0.15, 0.2) is 18.2 Å². The Kier molecular flexibility index (Phi) is 7.11. The number of carbonyl (C=O) groups is 3. The quantitative estimate of drug-likeness (QED) is 0.545. The first-order chi connectivity index (χ1) is 13.1. The Bertz CT molecular complexity index is 745. The molecule has 1 aromatic carbocycles. The van der Waals surface area contributed by atoms with E-state index in [2.05, 4.69) is 0 Å². The SMILES string of the molecule is CC(=O)OC1O[C@@H](c2ccc(C)c(CO)c2)[C@H](OC(C)=O)[C@@H](O)[C@@H]1OC(C)=O. The standard InChI is InChI=1S/C19H24O9/c1-9-5-6-13(7-14(9)8-20)16-17(25-10(2)21)15(24)18(26-11(3)22)19(28-16)27-12(4)23/h5-7,15-20,24H,8H2,1-4H3/t15-,16+,17-,18+,19?/m1/s1. The highest BCUT2D eigenvalue weighted by atomic mass is 16.7. The zero-order valence-corrected chi connectivity index (χ0v) is 16.1. The first-order valence-electron chi connectivity index (χ1n) is 8.69. The number of ether oxygens (including phenoxy) is 4. The smallest absolute Gasteiger partial charge is 0.305 e. The van der Waals surface area contributed by atoms with Crippen LogP contribution in [0.25, 0.3) is 0 Å². The van der Waals surface area contributed by atoms with Crippen LogP contribution < -0.4 is 0 Å². The summed E-state index contributed by atoms with van der Waals surface area (Å²) < 4.78 is 21.1. The number of esters is 3. The highest BCUT2D eigenvalue weighted by molar-refractivity contribution is 5.68. The van der Waals surface area contributed by atoms with Gasteiger partial charge in [0, 0.05) is 20.8 Å². The molecule has 1 heterocycles. The van der Waals surface area contributed by atoms with Crippen molar-refractivity contribution in [2.75, 3.05) is 0 Å². The van der Waals surface area contributed by atoms with Gasteiger partial charge in [-0.15, -0.1) is 0 Å². The molecule has 1 unspecified atom stereocenters. The van der Waals surface area contributed by atoms with Crippen molar-refractivity contribution in [2.45, 2.75) is 65.0 Å². The van der Waals surface area contributed by atoms with Crippen LogP contribution in [-0.4, -0.2) is 52.7 Å². The molecule has 2 N–H and O–H groups in total. The van der Waals surface area contributed by atoms with E-state index in [-0.39, 0.29) is 6.61 Å². The first kappa shape index (κ1) is 21.8. The molecule has 9 nitrogen and oxygen atoms in total. The molecule has 0 aromatic heterocycles. The Morgan fingerprint density at radius 2 is 1.57 bits per heavy atom. The van der Waals surface area contributed by atoms with E-state index in [0.717, 1.165) is 26.3 Å². The van der Waals surface area contributed by atoms with Crippen LogP contribution >= 0.6 is 0 Å². The van der Waals surface area contributed by atoms with Gasteiger partial charge in [0.15, 0.2) is 12.2 Å². The Balaban J connectivity index is 2.47. The molecular formula is C19H24O9. The summed E-state index contributed by atoms with van der Waals surface area (Å²) in [5.41, 5.74) is 1.93. The van der Waals surface area contributed by atoms with E-state index < -0.39 is 48.6 Å². The number of rotatable bonds is 5. The van der Waals surface area contributed by atoms with Gasteiger partial charge in [-0.3, -0.25) is 14.4 Å². The van der Waals surface area contributed by atoms with Crippen LogP contribution in [0.4, 0.5) is 0 Å². The molecule has 1 aliphatic heterocycles. The van der Waals surface area contributed by atoms with Gasteiger partial charge < -0.3 is 29.2 Å². The molecule has 0 radical (unpaired) electrons. The highest BCUT2D eigenvalue weighted by Crippen LogP contribution is 2.37. The van der Waals surface area contributed by atoms with Crippen LogP contribution in [0.2, 0.25) is 0 Å². The van der Waals surface area contributed by atoms with Crippen molar-refractivity contribution < 1.29 is 43.5 Å². The third kappa shape index (κ3) is 5.06. The van der Waals surface area contributed by atoms with Gasteiger partial charge in [-0.1, -0.05) is 18.2 Å². The number of benzene rings is 1. The van der Waals surface area contributed by atoms with Gasteiger partial charge in [-0.2, -0.15) is 0 Å². The summed E-state index contributed by atoms with van der Waals surface area (Å²) in [6.07, 6.45) is -6.57. The molecule has 1 saturated heterocycles. The Morgan fingerprint density at radius 1 is 1.00 bits per heavy atom. The van der Waals surface area contributed by atoms with Crippen LogP contribution in [0.1, 0.15) is 43.6 Å². The summed E-state index contributed by atoms with van der Waals surface area (Å²) in [4.78, 5) is 34.5. The third-order valence-corrected chi connectivity index (χ3v) is 4.28. The summed E-state index contributed by atoms with van der Waals surface area (Å²) in [5.74, 6) is -2.12. The van der Waals surface area contributed by atoms with Gasteiger partial charge in [0.2, 0.25) is 6.29 Å². The van der Waals surface area contributed by atoms with Crippen LogP contribution in [-0.2, 0) is 39.9 Å². The molecule has 0 aliphatic carbocycles. The Hall–Kier alpha value is -2.49. The molecule has 28 heavy (non-hydrogen) atoms. The summed E-state index contributed by atoms with van der Waals surface area (Å²) in [7, 11) is 0. The third-order valence-electron chi connectivity index (χ3n) is 4.28. The summed E-state index contributed by atoms with van der Waals surface area (Å²) in [6.45, 7) is 5.02. The molecule has 0 saturated carbocycles. The maximum Gasteiger partial charge on any atom is 0.305 e. The molecule has 1 aromatic rings. The van der Waals surface area contributed by atoms with Crippen LogP contribution in [0.5, 0.6) is 0 Å². The van der Waals surface area contributed by atoms with Gasteiger partial charge >= 0.3 is 17.9 Å². The van der Waals surface area contributed by atoms with E-state index in [9.17, 15) is 24.6 Å². The average molecular weight is 396 g/mol. The molecule has 154 valence electrons. The largest absolute Gasteiger partial charge is 0.456 e. The Labute approximate surface area is 162 Å². The summed E-state index contributed by atoms with van der Waals surface area (Å²) in [5, 5.41) is 20.3. The zero-order chi connectivity index (χ0) is 21.0. The maximum atomic E-state index is 11.6. The Morgan fingerprint density at radius 3 is 2.11 bits per heavy atom. The van der Waals surface area contributed by atoms with Crippen LogP contribution in [0.3, 0.4) is 0 Å². The van der Waals surface area contributed by atoms with Crippen molar-refractivity contribution in [3.63, 3.8) is 0 Å². The molecule has 1 aliphatic rings. The molecule has 1 fully saturated rings. The molecule has 2 rings (SSSR count). The lowest BCUT2D eigenvalue weighted by atomic mass is 9.91. The van der Waals surface area contributed by atoms with E-state index in [0.29, 0.717) is 11.1 Å². The lowest BCUT2D eigenvalue weighted by Gasteiger charge is -2.42. The summed E-state index contributed by atoms with van der Waals surface area (Å²) >= 11 is 0. The zero-order valence-electron chi connectivity index (χ0n) is 16.1. The van der Waals surface area contributed by atoms with Crippen molar-refractivity contribution >= 4 is 17.9 Å². The predicted octanol–water partition coefficient (Wildman–Crippen LogP) is 0.672. The minimum Gasteiger partial charge on any atom is -0.456 e. The molecule has 0 bridgehead atoms. The van der Waals surface area contributed by atoms with Crippen molar-refractivity contribution in [1.82, 2.24) is 0 Å². The second-order valence-corrected chi connectivity index (χ2v) is 6.52. The lowest BCUT2D eigenvalue weighted by molar-refractivity contribution is -0.296. The molecular weight excluding hydrogens is 372 g/mol. The van der Waals surface area contributed by atoms with Gasteiger partial charge in [0.25, 0.3) is 0 Å². The molecule has 0 spiro atoms. The number of hydrogen-bond acceptors (Lipinski definition) is 9. The fraction of sp³-hybridized carbons (Fsp3) is 0.526. The van der Waals surface area contributed by atoms with Gasteiger partial charge in [-0.05, 0) is 23.6 Å². The molecule has 9 heteroatoms. The molecule has 0 amide bonds. The van der Waals surface area contributed by atoms with Gasteiger partial charge in [-0.25, -0.2) is 0 Å². The predicted molar refractivity (Wildman–Crippen MR) is 93.6 cm³/mol. The number of aliphatic hydroxyl groups is 2. The van der Waals surface area contributed by atoms with Crippen molar-refractivity contribution in [3.8, 4) is 0 Å². The van der Waals surface area contributed by atoms with Gasteiger partial charge in [0.1, 0.15) is 12.2 Å². The van der Waals surface area contributed by atoms with Gasteiger partial charge in [0.05, 0.1) is 6.61 Å². The van der Waals surface area contributed by atoms with Crippen molar-refractivity contribution in [1.29, 1.82) is 0 Å². The minimum atomic E-state index is -1.52. The number of carbonyl (C=O) groups excluding carboxylic acids is 3. The van der Waals surface area contributed by atoms with Crippen molar-refractivity contribution in [3.05, 3.63) is 34.9 Å². The van der Waals surface area contributed by atoms with E-state index in [1.807, 2.05) is 6.92 Å². The second-order valence-electron chi connectivity index (χ2n) is 6.52.